The Labute approximate surface area is 218 Å². The SMILES string of the molecule is CC(=O)CCC(=O)O[C@@H]1[C@H]2O[C@H](C[C@@H]2OP(OCCC#N)N(C(C)C)C(C)C)N2C(=O)NC(=O)[C@H](C)[C@@H]12. The van der Waals surface area contributed by atoms with Gasteiger partial charge in [-0.2, -0.15) is 5.26 Å². The summed E-state index contributed by atoms with van der Waals surface area (Å²) in [5.74, 6) is -1.88. The molecule has 0 aromatic rings. The predicted molar refractivity (Wildman–Crippen MR) is 131 cm³/mol. The maximum atomic E-state index is 12.8. The Balaban J connectivity index is 1.91. The Morgan fingerprint density at radius 1 is 1.24 bits per heavy atom. The summed E-state index contributed by atoms with van der Waals surface area (Å²) in [4.78, 5) is 50.9. The van der Waals surface area contributed by atoms with Crippen molar-refractivity contribution in [3.63, 3.8) is 0 Å². The first-order valence-corrected chi connectivity index (χ1v) is 13.8. The van der Waals surface area contributed by atoms with Crippen molar-refractivity contribution in [2.75, 3.05) is 6.61 Å². The maximum Gasteiger partial charge on any atom is 0.326 e. The number of carbonyl (C=O) groups is 4. The van der Waals surface area contributed by atoms with Gasteiger partial charge in [0.05, 0.1) is 43.6 Å². The van der Waals surface area contributed by atoms with Crippen LogP contribution in [0.3, 0.4) is 0 Å². The van der Waals surface area contributed by atoms with Gasteiger partial charge in [0.25, 0.3) is 8.53 Å². The van der Waals surface area contributed by atoms with Gasteiger partial charge < -0.3 is 23.3 Å². The van der Waals surface area contributed by atoms with Crippen LogP contribution in [0.25, 0.3) is 0 Å². The highest BCUT2D eigenvalue weighted by atomic mass is 31.2. The van der Waals surface area contributed by atoms with Crippen LogP contribution in [0.1, 0.15) is 67.2 Å². The number of hydrogen-bond donors (Lipinski definition) is 1. The Bertz CT molecular complexity index is 917. The molecule has 3 amide bonds. The summed E-state index contributed by atoms with van der Waals surface area (Å²) in [6.07, 6.45) is -2.61. The molecular formula is C24H37N4O8P. The van der Waals surface area contributed by atoms with Crippen molar-refractivity contribution in [3.8, 4) is 6.07 Å². The van der Waals surface area contributed by atoms with Gasteiger partial charge >= 0.3 is 12.0 Å². The van der Waals surface area contributed by atoms with Crippen LogP contribution in [-0.4, -0.2) is 82.5 Å². The fraction of sp³-hybridized carbons (Fsp3) is 0.792. The van der Waals surface area contributed by atoms with Crippen LogP contribution in [0.5, 0.6) is 0 Å². The molecule has 206 valence electrons. The zero-order valence-electron chi connectivity index (χ0n) is 22.2. The lowest BCUT2D eigenvalue weighted by Gasteiger charge is -2.49. The van der Waals surface area contributed by atoms with E-state index in [0.29, 0.717) is 6.42 Å². The lowest BCUT2D eigenvalue weighted by atomic mass is 9.88. The van der Waals surface area contributed by atoms with E-state index in [1.165, 1.54) is 11.8 Å². The molecule has 3 aliphatic heterocycles. The second-order valence-electron chi connectivity index (χ2n) is 10.1. The summed E-state index contributed by atoms with van der Waals surface area (Å²) in [5, 5.41) is 11.3. The number of hydrogen-bond acceptors (Lipinski definition) is 10. The molecule has 7 atom stereocenters. The Morgan fingerprint density at radius 2 is 1.92 bits per heavy atom. The molecule has 13 heteroatoms. The highest BCUT2D eigenvalue weighted by Crippen LogP contribution is 2.51. The summed E-state index contributed by atoms with van der Waals surface area (Å²) < 4.78 is 26.6. The lowest BCUT2D eigenvalue weighted by molar-refractivity contribution is -0.205. The van der Waals surface area contributed by atoms with E-state index in [2.05, 4.69) is 16.1 Å². The predicted octanol–water partition coefficient (Wildman–Crippen LogP) is 2.61. The molecule has 3 heterocycles. The number of ketones is 1. The molecule has 0 spiro atoms. The molecule has 0 aromatic carbocycles. The van der Waals surface area contributed by atoms with Crippen molar-refractivity contribution in [1.29, 1.82) is 5.26 Å². The minimum absolute atomic E-state index is 0.0265. The maximum absolute atomic E-state index is 12.8. The molecule has 12 nitrogen and oxygen atoms in total. The quantitative estimate of drug-likeness (QED) is 0.222. The second-order valence-corrected chi connectivity index (χ2v) is 11.5. The third kappa shape index (κ3) is 6.65. The number of carbonyl (C=O) groups excluding carboxylic acids is 4. The molecule has 1 unspecified atom stereocenters. The van der Waals surface area contributed by atoms with Crippen LogP contribution in [0, 0.1) is 17.2 Å². The van der Waals surface area contributed by atoms with Gasteiger partial charge in [-0.1, -0.05) is 6.92 Å². The van der Waals surface area contributed by atoms with Gasteiger partial charge in [-0.05, 0) is 34.6 Å². The standard InChI is InChI=1S/C24H37N4O8P/c1-13(2)28(14(3)4)37(33-11-7-10-25)36-17-12-18-27-20(16(6)23(31)26-24(27)32)22(21(17)34-18)35-19(30)9-8-15(5)29/h13-14,16-18,20-22H,7-9,11-12H2,1-6H3,(H,26,31,32)/t16-,17+,18-,20+,21+,22+,37?/m1/s1. The number of ether oxygens (including phenoxy) is 2. The van der Waals surface area contributed by atoms with Crippen molar-refractivity contribution < 1.29 is 37.7 Å². The lowest BCUT2D eigenvalue weighted by Crippen LogP contribution is -2.70. The molecular weight excluding hydrogens is 503 g/mol. The van der Waals surface area contributed by atoms with Crippen LogP contribution < -0.4 is 5.32 Å². The monoisotopic (exact) mass is 540 g/mol. The molecule has 0 aromatic heterocycles. The molecule has 3 aliphatic rings. The van der Waals surface area contributed by atoms with Crippen molar-refractivity contribution in [2.45, 2.75) is 110 Å². The largest absolute Gasteiger partial charge is 0.457 e. The van der Waals surface area contributed by atoms with Gasteiger partial charge in [-0.3, -0.25) is 19.8 Å². The number of urea groups is 1. The van der Waals surface area contributed by atoms with E-state index in [4.69, 9.17) is 23.8 Å². The number of nitriles is 1. The molecule has 3 saturated heterocycles. The molecule has 3 fully saturated rings. The molecule has 3 rings (SSSR count). The first-order chi connectivity index (χ1) is 17.5. The van der Waals surface area contributed by atoms with Crippen molar-refractivity contribution in [3.05, 3.63) is 0 Å². The Hall–Kier alpha value is -2.16. The van der Waals surface area contributed by atoms with E-state index in [-0.39, 0.29) is 43.7 Å². The Morgan fingerprint density at radius 3 is 2.51 bits per heavy atom. The number of nitrogens with zero attached hydrogens (tertiary/aromatic N) is 3. The zero-order chi connectivity index (χ0) is 27.4. The number of fused-ring (bicyclic) bond motifs is 4. The molecule has 1 N–H and O–H groups in total. The van der Waals surface area contributed by atoms with Crippen LogP contribution in [0.2, 0.25) is 0 Å². The smallest absolute Gasteiger partial charge is 0.326 e. The topological polar surface area (TPSA) is 148 Å². The van der Waals surface area contributed by atoms with E-state index in [1.54, 1.807) is 6.92 Å². The summed E-state index contributed by atoms with van der Waals surface area (Å²) in [7, 11) is -1.63. The van der Waals surface area contributed by atoms with Gasteiger partial charge in [0.1, 0.15) is 18.1 Å². The summed E-state index contributed by atoms with van der Waals surface area (Å²) in [5.41, 5.74) is 0. The number of nitrogens with one attached hydrogen (secondary N) is 1. The fourth-order valence-corrected chi connectivity index (χ4v) is 6.78. The van der Waals surface area contributed by atoms with Gasteiger partial charge in [0, 0.05) is 24.9 Å². The van der Waals surface area contributed by atoms with E-state index >= 15 is 0 Å². The molecule has 2 bridgehead atoms. The first-order valence-electron chi connectivity index (χ1n) is 12.7. The first kappa shape index (κ1) is 29.4. The van der Waals surface area contributed by atoms with Gasteiger partial charge in [0.2, 0.25) is 5.91 Å². The minimum atomic E-state index is -1.63. The van der Waals surface area contributed by atoms with Crippen molar-refractivity contribution >= 4 is 32.2 Å². The van der Waals surface area contributed by atoms with Crippen LogP contribution in [0.4, 0.5) is 4.79 Å². The zero-order valence-corrected chi connectivity index (χ0v) is 23.1. The van der Waals surface area contributed by atoms with E-state index in [0.717, 1.165) is 0 Å². The van der Waals surface area contributed by atoms with E-state index in [1.807, 2.05) is 27.7 Å². The summed E-state index contributed by atoms with van der Waals surface area (Å²) in [6.45, 7) is 11.3. The Kier molecular flexibility index (Phi) is 10.0. The number of imide groups is 1. The van der Waals surface area contributed by atoms with Crippen LogP contribution >= 0.6 is 8.53 Å². The van der Waals surface area contributed by atoms with E-state index in [9.17, 15) is 19.2 Å². The highest BCUT2D eigenvalue weighted by Gasteiger charge is 2.61. The average Bonchev–Trinajstić information content (AvgIpc) is 3.15. The van der Waals surface area contributed by atoms with Gasteiger partial charge in [-0.15, -0.1) is 0 Å². The number of rotatable bonds is 12. The summed E-state index contributed by atoms with van der Waals surface area (Å²) in [6, 6.07) is 0.868. The molecule has 0 radical (unpaired) electrons. The minimum Gasteiger partial charge on any atom is -0.457 e. The number of esters is 1. The second kappa shape index (κ2) is 12.6. The van der Waals surface area contributed by atoms with Crippen LogP contribution in [0.15, 0.2) is 0 Å². The number of amides is 3. The van der Waals surface area contributed by atoms with Crippen molar-refractivity contribution in [1.82, 2.24) is 14.9 Å². The third-order valence-electron chi connectivity index (χ3n) is 6.63. The molecule has 0 aliphatic carbocycles. The summed E-state index contributed by atoms with van der Waals surface area (Å²) >= 11 is 0. The van der Waals surface area contributed by atoms with E-state index < -0.39 is 62.9 Å². The number of Topliss-reactive ketones (excluding diaryl/α,β-unsaturated/α-hetero) is 1. The van der Waals surface area contributed by atoms with Gasteiger partial charge in [0.15, 0.2) is 6.10 Å². The molecule has 0 saturated carbocycles. The normalized spacial score (nSPS) is 29.8. The average molecular weight is 541 g/mol. The van der Waals surface area contributed by atoms with Crippen LogP contribution in [-0.2, 0) is 32.9 Å². The molecule has 37 heavy (non-hydrogen) atoms. The fourth-order valence-electron chi connectivity index (χ4n) is 5.04. The highest BCUT2D eigenvalue weighted by molar-refractivity contribution is 7.44. The van der Waals surface area contributed by atoms with Crippen molar-refractivity contribution in [2.24, 2.45) is 5.92 Å². The third-order valence-corrected chi connectivity index (χ3v) is 8.79. The van der Waals surface area contributed by atoms with Gasteiger partial charge in [-0.25, -0.2) is 9.46 Å².